The lowest BCUT2D eigenvalue weighted by Crippen LogP contribution is -2.39. The molecule has 0 saturated heterocycles. The van der Waals surface area contributed by atoms with Crippen molar-refractivity contribution in [2.24, 2.45) is 20.5 Å². The molecule has 0 aliphatic heterocycles. The van der Waals surface area contributed by atoms with Crippen molar-refractivity contribution < 1.29 is 29.5 Å². The van der Waals surface area contributed by atoms with Gasteiger partial charge in [0, 0.05) is 74.9 Å². The van der Waals surface area contributed by atoms with E-state index in [9.17, 15) is 30.4 Å². The number of aliphatic hydroxyl groups is 2. The van der Waals surface area contributed by atoms with Gasteiger partial charge in [-0.1, -0.05) is 23.2 Å². The summed E-state index contributed by atoms with van der Waals surface area (Å²) in [7, 11) is 1.82. The zero-order chi connectivity index (χ0) is 42.0. The zero-order valence-electron chi connectivity index (χ0n) is 32.4. The molecular weight excluding hydrogens is 793 g/mol. The maximum absolute atomic E-state index is 10.9. The van der Waals surface area contributed by atoms with Crippen LogP contribution in [0.1, 0.15) is 13.8 Å². The first-order valence-corrected chi connectivity index (χ1v) is 19.2. The molecule has 0 fully saturated rings. The predicted octanol–water partition coefficient (Wildman–Crippen LogP) is 8.68. The van der Waals surface area contributed by atoms with Crippen LogP contribution in [0.4, 0.5) is 45.5 Å². The van der Waals surface area contributed by atoms with Crippen LogP contribution in [0.15, 0.2) is 105 Å². The Kier molecular flexibility index (Phi) is 18.3. The summed E-state index contributed by atoms with van der Waals surface area (Å²) in [6.07, 6.45) is -1.48. The molecule has 0 aromatic heterocycles. The molecule has 17 nitrogen and oxygen atoms in total. The molecule has 0 saturated carbocycles. The quantitative estimate of drug-likeness (QED) is 0.0296. The van der Waals surface area contributed by atoms with E-state index < -0.39 is 22.1 Å². The number of likely N-dealkylation sites (N-methyl/N-ethyl adjacent to an activating group) is 3. The van der Waals surface area contributed by atoms with Crippen molar-refractivity contribution in [3.63, 3.8) is 0 Å². The first kappa shape index (κ1) is 45.6. The Bertz CT molecular complexity index is 1850. The minimum Gasteiger partial charge on any atom is -0.389 e. The molecule has 0 aliphatic rings. The summed E-state index contributed by atoms with van der Waals surface area (Å²) in [5, 5.41) is 59.8. The minimum absolute atomic E-state index is 0.120. The van der Waals surface area contributed by atoms with Crippen LogP contribution in [0.3, 0.4) is 0 Å². The topological polar surface area (TPSA) is 204 Å². The first-order valence-electron chi connectivity index (χ1n) is 18.5. The maximum Gasteiger partial charge on any atom is 0.271 e. The molecule has 0 bridgehead atoms. The van der Waals surface area contributed by atoms with Crippen molar-refractivity contribution in [3.8, 4) is 0 Å². The molecule has 2 N–H and O–H groups in total. The summed E-state index contributed by atoms with van der Waals surface area (Å²) >= 11 is 12.2. The largest absolute Gasteiger partial charge is 0.389 e. The number of hydrogen-bond acceptors (Lipinski definition) is 15. The van der Waals surface area contributed by atoms with Gasteiger partial charge in [0.2, 0.25) is 0 Å². The highest BCUT2D eigenvalue weighted by Gasteiger charge is 2.15. The molecule has 0 aliphatic carbocycles. The van der Waals surface area contributed by atoms with Gasteiger partial charge in [0.25, 0.3) is 11.4 Å². The van der Waals surface area contributed by atoms with Crippen molar-refractivity contribution in [2.75, 3.05) is 82.5 Å². The van der Waals surface area contributed by atoms with Gasteiger partial charge in [-0.3, -0.25) is 20.2 Å². The van der Waals surface area contributed by atoms with E-state index in [0.717, 1.165) is 24.5 Å². The second-order valence-corrected chi connectivity index (χ2v) is 13.9. The van der Waals surface area contributed by atoms with Gasteiger partial charge in [-0.15, -0.1) is 10.2 Å². The van der Waals surface area contributed by atoms with Crippen LogP contribution in [-0.2, 0) is 9.47 Å². The lowest BCUT2D eigenvalue weighted by atomic mass is 10.2. The lowest BCUT2D eigenvalue weighted by Gasteiger charge is -2.25. The van der Waals surface area contributed by atoms with E-state index in [1.165, 1.54) is 36.4 Å². The molecule has 4 aromatic rings. The lowest BCUT2D eigenvalue weighted by molar-refractivity contribution is -0.385. The van der Waals surface area contributed by atoms with Crippen LogP contribution >= 0.6 is 23.2 Å². The van der Waals surface area contributed by atoms with Gasteiger partial charge in [-0.25, -0.2) is 0 Å². The van der Waals surface area contributed by atoms with Gasteiger partial charge in [0.05, 0.1) is 69.9 Å². The molecule has 0 radical (unpaired) electrons. The Morgan fingerprint density at radius 3 is 1.34 bits per heavy atom. The molecule has 2 atom stereocenters. The van der Waals surface area contributed by atoms with Crippen molar-refractivity contribution in [3.05, 3.63) is 115 Å². The number of non-ortho nitro benzene ring substituents is 2. The van der Waals surface area contributed by atoms with E-state index in [0.29, 0.717) is 62.1 Å². The van der Waals surface area contributed by atoms with Crippen molar-refractivity contribution in [1.82, 2.24) is 4.90 Å². The van der Waals surface area contributed by atoms with Gasteiger partial charge >= 0.3 is 0 Å². The number of nitro benzene ring substituents is 2. The molecule has 4 rings (SSSR count). The predicted molar refractivity (Wildman–Crippen MR) is 224 cm³/mol. The number of rotatable bonds is 24. The summed E-state index contributed by atoms with van der Waals surface area (Å²) in [6, 6.07) is 22.9. The summed E-state index contributed by atoms with van der Waals surface area (Å²) in [6.45, 7) is 8.44. The van der Waals surface area contributed by atoms with Crippen molar-refractivity contribution >= 4 is 68.7 Å². The number of nitrogens with zero attached hydrogens (tertiary/aromatic N) is 9. The van der Waals surface area contributed by atoms with E-state index in [4.69, 9.17) is 32.7 Å². The Labute approximate surface area is 346 Å². The highest BCUT2D eigenvalue weighted by atomic mass is 35.5. The van der Waals surface area contributed by atoms with Crippen LogP contribution < -0.4 is 9.80 Å². The average Bonchev–Trinajstić information content (AvgIpc) is 3.20. The second-order valence-electron chi connectivity index (χ2n) is 13.1. The molecule has 4 aromatic carbocycles. The number of hydrogen-bond donors (Lipinski definition) is 2. The molecule has 19 heteroatoms. The summed E-state index contributed by atoms with van der Waals surface area (Å²) < 4.78 is 11.5. The monoisotopic (exact) mass is 839 g/mol. The first-order chi connectivity index (χ1) is 27.9. The number of anilines is 2. The standard InChI is InChI=1S/C39H47Cl2N9O8/c1-4-47(30-10-6-28(7-11-30)42-44-38-16-14-32(49(53)54)22-36(38)40)18-20-57-26-34(51)24-46(3)25-35(52)27-58-21-19-48(5-2)31-12-8-29(9-13-31)43-45-39-17-15-33(50(55)56)23-37(39)41/h6-17,22-23,34-35,51-52H,4-5,18-21,24-27H2,1-3H3/b44-42+,45-43+. The molecule has 310 valence electrons. The molecular formula is C39H47Cl2N9O8. The van der Waals surface area contributed by atoms with Crippen molar-refractivity contribution in [1.29, 1.82) is 0 Å². The third kappa shape index (κ3) is 14.7. The van der Waals surface area contributed by atoms with E-state index in [1.54, 1.807) is 0 Å². The van der Waals surface area contributed by atoms with Gasteiger partial charge in [0.1, 0.15) is 11.4 Å². The maximum atomic E-state index is 10.9. The average molecular weight is 841 g/mol. The molecule has 2 unspecified atom stereocenters. The minimum atomic E-state index is -0.742. The Balaban J connectivity index is 1.10. The fourth-order valence-electron chi connectivity index (χ4n) is 5.69. The molecule has 0 heterocycles. The summed E-state index contributed by atoms with van der Waals surface area (Å²) in [4.78, 5) is 26.9. The molecule has 0 spiro atoms. The van der Waals surface area contributed by atoms with Crippen LogP contribution in [0.25, 0.3) is 0 Å². The zero-order valence-corrected chi connectivity index (χ0v) is 33.9. The summed E-state index contributed by atoms with van der Waals surface area (Å²) in [5.74, 6) is 0. The number of nitro groups is 2. The molecule has 58 heavy (non-hydrogen) atoms. The Morgan fingerprint density at radius 1 is 0.638 bits per heavy atom. The third-order valence-electron chi connectivity index (χ3n) is 8.70. The second kappa shape index (κ2) is 23.3. The van der Waals surface area contributed by atoms with E-state index in [1.807, 2.05) is 74.3 Å². The normalized spacial score (nSPS) is 12.7. The number of ether oxygens (including phenoxy) is 2. The Hall–Kier alpha value is -5.14. The summed E-state index contributed by atoms with van der Waals surface area (Å²) in [5.41, 5.74) is 3.52. The highest BCUT2D eigenvalue weighted by molar-refractivity contribution is 6.33. The van der Waals surface area contributed by atoms with Crippen LogP contribution in [0.2, 0.25) is 10.0 Å². The van der Waals surface area contributed by atoms with Gasteiger partial charge < -0.3 is 34.4 Å². The van der Waals surface area contributed by atoms with Gasteiger partial charge in [-0.05, 0) is 81.6 Å². The van der Waals surface area contributed by atoms with E-state index >= 15 is 0 Å². The van der Waals surface area contributed by atoms with E-state index in [-0.39, 0.29) is 34.6 Å². The van der Waals surface area contributed by atoms with Crippen LogP contribution in [0, 0.1) is 20.2 Å². The highest BCUT2D eigenvalue weighted by Crippen LogP contribution is 2.32. The van der Waals surface area contributed by atoms with Crippen LogP contribution in [-0.4, -0.2) is 110 Å². The van der Waals surface area contributed by atoms with Gasteiger partial charge in [0.15, 0.2) is 0 Å². The van der Waals surface area contributed by atoms with E-state index in [2.05, 4.69) is 30.3 Å². The Morgan fingerprint density at radius 2 is 1.02 bits per heavy atom. The number of aliphatic hydroxyl groups excluding tert-OH is 2. The number of azo groups is 2. The van der Waals surface area contributed by atoms with Crippen molar-refractivity contribution in [2.45, 2.75) is 26.1 Å². The fraction of sp³-hybridized carbons (Fsp3) is 0.385. The SMILES string of the molecule is CCN(CCOCC(O)CN(C)CC(O)COCCN(CC)c1ccc(/N=N/c2ccc([N+](=O)[O-])cc2Cl)cc1)c1ccc(/N=N/c2ccc([N+](=O)[O-])cc2Cl)cc1. The fourth-order valence-corrected chi connectivity index (χ4v) is 6.12. The van der Waals surface area contributed by atoms with Gasteiger partial charge in [-0.2, -0.15) is 10.2 Å². The van der Waals surface area contributed by atoms with Crippen LogP contribution in [0.5, 0.6) is 0 Å². The molecule has 0 amide bonds. The smallest absolute Gasteiger partial charge is 0.271 e. The third-order valence-corrected chi connectivity index (χ3v) is 9.31. The number of halogens is 2. The number of benzene rings is 4.